The minimum absolute atomic E-state index is 0.0910. The number of nitrogens with one attached hydrogen (secondary N) is 1. The molecule has 1 amide bonds. The van der Waals surface area contributed by atoms with Crippen molar-refractivity contribution in [3.8, 4) is 11.1 Å². The average molecular weight is 482 g/mol. The topological polar surface area (TPSA) is 100 Å². The molecular formula is C27H35N3O5. The molecule has 8 heteroatoms. The summed E-state index contributed by atoms with van der Waals surface area (Å²) >= 11 is 0. The van der Waals surface area contributed by atoms with E-state index in [1.165, 1.54) is 13.5 Å². The van der Waals surface area contributed by atoms with Crippen molar-refractivity contribution in [3.63, 3.8) is 0 Å². The summed E-state index contributed by atoms with van der Waals surface area (Å²) in [5.41, 5.74) is 3.82. The van der Waals surface area contributed by atoms with Gasteiger partial charge in [-0.05, 0) is 48.1 Å². The third-order valence-electron chi connectivity index (χ3n) is 5.91. The Balaban J connectivity index is 1.68. The number of carboxylic acid groups (broad SMARTS) is 1. The van der Waals surface area contributed by atoms with Gasteiger partial charge in [0.15, 0.2) is 6.04 Å². The van der Waals surface area contributed by atoms with E-state index >= 15 is 0 Å². The third-order valence-corrected chi connectivity index (χ3v) is 5.91. The van der Waals surface area contributed by atoms with E-state index in [9.17, 15) is 14.7 Å². The predicted octanol–water partition coefficient (Wildman–Crippen LogP) is 5.53. The van der Waals surface area contributed by atoms with Crippen molar-refractivity contribution in [2.45, 2.75) is 57.9 Å². The number of carbonyl (C=O) groups excluding carboxylic acids is 1. The Morgan fingerprint density at radius 3 is 2.63 bits per heavy atom. The molecule has 2 aromatic rings. The molecule has 0 bridgehead atoms. The largest absolute Gasteiger partial charge is 0.480 e. The Hall–Kier alpha value is -3.39. The van der Waals surface area contributed by atoms with Crippen LogP contribution in [0.4, 0.5) is 10.5 Å². The summed E-state index contributed by atoms with van der Waals surface area (Å²) in [7, 11) is 1.27. The number of aliphatic carboxylic acids is 1. The number of rotatable bonds is 10. The smallest absolute Gasteiger partial charge is 0.434 e. The average Bonchev–Trinajstić information content (AvgIpc) is 3.13. The number of nitrogens with zero attached hydrogens (tertiary/aromatic N) is 2. The molecular weight excluding hydrogens is 446 g/mol. The van der Waals surface area contributed by atoms with Crippen LogP contribution in [0, 0.1) is 0 Å². The molecule has 0 spiro atoms. The standard InChI is InChI=1S/C27H35N3O5/c1-3-4-17-35-27(33)30(34-2)24(26(31)32)18-20-12-14-21(15-13-20)22-9-8-10-23(19-22)29-25-11-6-5-7-16-28-25/h8-10,12-15,19,24H,3-7,11,16-18H2,1-2H3,(H,28,29)(H,31,32)/t24-/m0/s1. The van der Waals surface area contributed by atoms with Crippen LogP contribution in [0.3, 0.4) is 0 Å². The number of carbonyl (C=O) groups is 2. The zero-order valence-electron chi connectivity index (χ0n) is 20.5. The maximum atomic E-state index is 12.3. The summed E-state index contributed by atoms with van der Waals surface area (Å²) in [5, 5.41) is 14.0. The minimum Gasteiger partial charge on any atom is -0.480 e. The lowest BCUT2D eigenvalue weighted by atomic mass is 10.00. The van der Waals surface area contributed by atoms with Gasteiger partial charge in [-0.15, -0.1) is 0 Å². The fourth-order valence-corrected chi connectivity index (χ4v) is 3.94. The molecule has 1 aliphatic rings. The van der Waals surface area contributed by atoms with Crippen LogP contribution in [0.2, 0.25) is 0 Å². The molecule has 1 atom stereocenters. The second-order valence-electron chi connectivity index (χ2n) is 8.58. The number of hydrogen-bond acceptors (Lipinski definition) is 6. The van der Waals surface area contributed by atoms with Gasteiger partial charge in [0, 0.05) is 25.1 Å². The number of anilines is 1. The molecule has 0 unspecified atom stereocenters. The van der Waals surface area contributed by atoms with E-state index in [2.05, 4.69) is 16.4 Å². The normalized spacial score (nSPS) is 14.4. The van der Waals surface area contributed by atoms with E-state index in [0.29, 0.717) is 6.42 Å². The number of benzene rings is 2. The van der Waals surface area contributed by atoms with Gasteiger partial charge in [-0.3, -0.25) is 9.83 Å². The molecule has 8 nitrogen and oxygen atoms in total. The number of aliphatic imine (C=N–C) groups is 1. The highest BCUT2D eigenvalue weighted by molar-refractivity contribution is 5.96. The lowest BCUT2D eigenvalue weighted by molar-refractivity contribution is -0.171. The number of amides is 1. The van der Waals surface area contributed by atoms with Gasteiger partial charge in [-0.2, -0.15) is 5.06 Å². The van der Waals surface area contributed by atoms with Crippen molar-refractivity contribution in [2.75, 3.05) is 25.6 Å². The van der Waals surface area contributed by atoms with Crippen molar-refractivity contribution in [1.29, 1.82) is 0 Å². The monoisotopic (exact) mass is 481 g/mol. The zero-order chi connectivity index (χ0) is 25.0. The molecule has 0 aliphatic carbocycles. The fourth-order valence-electron chi connectivity index (χ4n) is 3.94. The maximum Gasteiger partial charge on any atom is 0.434 e. The van der Waals surface area contributed by atoms with Crippen LogP contribution in [0.5, 0.6) is 0 Å². The van der Waals surface area contributed by atoms with Gasteiger partial charge >= 0.3 is 12.1 Å². The number of unbranched alkanes of at least 4 members (excludes halogenated alkanes) is 1. The second kappa shape index (κ2) is 13.5. The first-order valence-electron chi connectivity index (χ1n) is 12.2. The number of amidine groups is 1. The maximum absolute atomic E-state index is 12.3. The lowest BCUT2D eigenvalue weighted by Gasteiger charge is -2.25. The minimum atomic E-state index is -1.20. The number of ether oxygens (including phenoxy) is 1. The number of hydrogen-bond donors (Lipinski definition) is 2. The van der Waals surface area contributed by atoms with Crippen LogP contribution in [0.15, 0.2) is 53.5 Å². The highest BCUT2D eigenvalue weighted by atomic mass is 16.7. The van der Waals surface area contributed by atoms with Crippen LogP contribution >= 0.6 is 0 Å². The van der Waals surface area contributed by atoms with Crippen LogP contribution in [-0.2, 0) is 20.8 Å². The Bertz CT molecular complexity index is 1010. The summed E-state index contributed by atoms with van der Waals surface area (Å²) in [4.78, 5) is 33.9. The molecule has 0 saturated carbocycles. The molecule has 1 aliphatic heterocycles. The van der Waals surface area contributed by atoms with E-state index in [1.807, 2.05) is 49.4 Å². The molecule has 188 valence electrons. The van der Waals surface area contributed by atoms with E-state index < -0.39 is 18.1 Å². The van der Waals surface area contributed by atoms with Crippen molar-refractivity contribution in [3.05, 3.63) is 54.1 Å². The highest BCUT2D eigenvalue weighted by Gasteiger charge is 2.31. The van der Waals surface area contributed by atoms with Crippen LogP contribution < -0.4 is 5.32 Å². The van der Waals surface area contributed by atoms with E-state index in [4.69, 9.17) is 9.57 Å². The van der Waals surface area contributed by atoms with Crippen LogP contribution in [0.25, 0.3) is 11.1 Å². The Morgan fingerprint density at radius 2 is 1.91 bits per heavy atom. The van der Waals surface area contributed by atoms with Gasteiger partial charge in [0.25, 0.3) is 0 Å². The molecule has 2 N–H and O–H groups in total. The Labute approximate surface area is 206 Å². The van der Waals surface area contributed by atoms with Crippen molar-refractivity contribution >= 4 is 23.6 Å². The molecule has 0 aromatic heterocycles. The summed E-state index contributed by atoms with van der Waals surface area (Å²) in [6, 6.07) is 14.6. The van der Waals surface area contributed by atoms with E-state index in [-0.39, 0.29) is 13.0 Å². The fraction of sp³-hybridized carbons (Fsp3) is 0.444. The first-order valence-corrected chi connectivity index (χ1v) is 12.2. The molecule has 0 radical (unpaired) electrons. The summed E-state index contributed by atoms with van der Waals surface area (Å²) < 4.78 is 5.14. The van der Waals surface area contributed by atoms with Gasteiger partial charge < -0.3 is 15.2 Å². The van der Waals surface area contributed by atoms with Gasteiger partial charge in [0.05, 0.1) is 13.7 Å². The first kappa shape index (κ1) is 26.2. The third kappa shape index (κ3) is 7.82. The van der Waals surface area contributed by atoms with E-state index in [0.717, 1.165) is 65.5 Å². The molecule has 1 heterocycles. The lowest BCUT2D eigenvalue weighted by Crippen LogP contribution is -2.46. The zero-order valence-corrected chi connectivity index (χ0v) is 20.5. The highest BCUT2D eigenvalue weighted by Crippen LogP contribution is 2.24. The first-order chi connectivity index (χ1) is 17.0. The summed E-state index contributed by atoms with van der Waals surface area (Å²) in [5.74, 6) is -0.130. The Morgan fingerprint density at radius 1 is 1.11 bits per heavy atom. The van der Waals surface area contributed by atoms with Crippen molar-refractivity contribution in [1.82, 2.24) is 5.06 Å². The van der Waals surface area contributed by atoms with E-state index in [1.54, 1.807) is 0 Å². The SMILES string of the molecule is CCCCOC(=O)N(OC)[C@@H](Cc1ccc(-c2cccc(NC3=NCCCCC3)c2)cc1)C(=O)O. The second-order valence-corrected chi connectivity index (χ2v) is 8.58. The predicted molar refractivity (Wildman–Crippen MR) is 137 cm³/mol. The van der Waals surface area contributed by atoms with Gasteiger partial charge in [0.2, 0.25) is 0 Å². The Kier molecular flexibility index (Phi) is 10.1. The summed E-state index contributed by atoms with van der Waals surface area (Å²) in [6.45, 7) is 3.07. The van der Waals surface area contributed by atoms with Gasteiger partial charge in [0.1, 0.15) is 5.84 Å². The van der Waals surface area contributed by atoms with Crippen molar-refractivity contribution < 1.29 is 24.3 Å². The van der Waals surface area contributed by atoms with Crippen molar-refractivity contribution in [2.24, 2.45) is 4.99 Å². The number of carboxylic acids is 1. The number of hydroxylamine groups is 2. The van der Waals surface area contributed by atoms with Crippen LogP contribution in [0.1, 0.15) is 51.0 Å². The van der Waals surface area contributed by atoms with Crippen LogP contribution in [-0.4, -0.2) is 54.4 Å². The van der Waals surface area contributed by atoms with Gasteiger partial charge in [-0.1, -0.05) is 56.2 Å². The molecule has 2 aromatic carbocycles. The molecule has 3 rings (SSSR count). The quantitative estimate of drug-likeness (QED) is 0.342. The molecule has 0 fully saturated rings. The summed E-state index contributed by atoms with van der Waals surface area (Å²) in [6.07, 6.45) is 5.33. The molecule has 35 heavy (non-hydrogen) atoms. The molecule has 0 saturated heterocycles. The van der Waals surface area contributed by atoms with Gasteiger partial charge in [-0.25, -0.2) is 9.59 Å².